The SMILES string of the molecule is C[C@@H]1O[C@H](O[C@H]2[C@H](Oc3cc(O)c4c(c3)O[C@H](c3ccc(O)cc3)CC4=O)O[C@H](CO)[C@@H](O)[C@@H]2O)[C@H](O)[C@H](O)[C@H]1O. The Morgan fingerprint density at radius 2 is 1.59 bits per heavy atom. The summed E-state index contributed by atoms with van der Waals surface area (Å²) in [4.78, 5) is 12.9. The lowest BCUT2D eigenvalue weighted by molar-refractivity contribution is -0.354. The molecule has 0 amide bonds. The number of hydrogen-bond donors (Lipinski definition) is 8. The summed E-state index contributed by atoms with van der Waals surface area (Å²) in [6.45, 7) is 0.716. The summed E-state index contributed by atoms with van der Waals surface area (Å²) >= 11 is 0. The Morgan fingerprint density at radius 3 is 2.27 bits per heavy atom. The maximum absolute atomic E-state index is 12.9. The molecule has 224 valence electrons. The van der Waals surface area contributed by atoms with Crippen LogP contribution in [0.1, 0.15) is 35.4 Å². The molecule has 2 aromatic rings. The first-order chi connectivity index (χ1) is 19.5. The van der Waals surface area contributed by atoms with E-state index >= 15 is 0 Å². The minimum Gasteiger partial charge on any atom is -0.508 e. The van der Waals surface area contributed by atoms with Gasteiger partial charge in [0.15, 0.2) is 18.2 Å². The van der Waals surface area contributed by atoms with Gasteiger partial charge in [-0.15, -0.1) is 0 Å². The standard InChI is InChI=1S/C27H32O14/c1-10-20(32)22(34)24(36)26(37-10)41-25-23(35)21(33)18(9-28)40-27(25)38-13-6-14(30)19-15(31)8-16(39-17(19)7-13)11-2-4-12(29)5-3-11/h2-7,10,16,18,20-30,32-36H,8-9H2,1H3/t10-,16-,18+,20-,21+,22+,23-,24+,25+,26+,27+/m0/s1. The lowest BCUT2D eigenvalue weighted by Gasteiger charge is -2.45. The molecular weight excluding hydrogens is 548 g/mol. The second-order valence-electron chi connectivity index (χ2n) is 10.2. The number of carbonyl (C=O) groups is 1. The van der Waals surface area contributed by atoms with Crippen molar-refractivity contribution in [1.29, 1.82) is 0 Å². The molecule has 14 heteroatoms. The fraction of sp³-hybridized carbons (Fsp3) is 0.519. The Bertz CT molecular complexity index is 1240. The number of phenols is 2. The third-order valence-corrected chi connectivity index (χ3v) is 7.42. The van der Waals surface area contributed by atoms with Gasteiger partial charge in [0.05, 0.1) is 19.1 Å². The molecule has 2 fully saturated rings. The topological polar surface area (TPSA) is 225 Å². The predicted octanol–water partition coefficient (Wildman–Crippen LogP) is -1.17. The second-order valence-corrected chi connectivity index (χ2v) is 10.2. The van der Waals surface area contributed by atoms with E-state index in [1.165, 1.54) is 25.1 Å². The second kappa shape index (κ2) is 11.7. The van der Waals surface area contributed by atoms with Crippen LogP contribution < -0.4 is 9.47 Å². The van der Waals surface area contributed by atoms with Crippen molar-refractivity contribution in [3.05, 3.63) is 47.5 Å². The van der Waals surface area contributed by atoms with Gasteiger partial charge in [0.2, 0.25) is 6.29 Å². The smallest absolute Gasteiger partial charge is 0.229 e. The van der Waals surface area contributed by atoms with Gasteiger partial charge in [0.25, 0.3) is 0 Å². The number of Topliss-reactive ketones (excluding diaryl/α,β-unsaturated/α-hetero) is 1. The quantitative estimate of drug-likeness (QED) is 0.202. The summed E-state index contributed by atoms with van der Waals surface area (Å²) in [6.07, 6.45) is -16.0. The zero-order valence-corrected chi connectivity index (χ0v) is 21.8. The molecule has 0 bridgehead atoms. The van der Waals surface area contributed by atoms with Crippen LogP contribution >= 0.6 is 0 Å². The number of phenolic OH excluding ortho intramolecular Hbond substituents is 2. The lowest BCUT2D eigenvalue weighted by atomic mass is 9.95. The van der Waals surface area contributed by atoms with Crippen LogP contribution in [0.2, 0.25) is 0 Å². The molecule has 5 rings (SSSR count). The van der Waals surface area contributed by atoms with Crippen LogP contribution in [-0.4, -0.2) is 115 Å². The highest BCUT2D eigenvalue weighted by molar-refractivity contribution is 6.02. The van der Waals surface area contributed by atoms with Crippen LogP contribution in [-0.2, 0) is 14.2 Å². The van der Waals surface area contributed by atoms with E-state index in [9.17, 15) is 45.6 Å². The van der Waals surface area contributed by atoms with Crippen molar-refractivity contribution in [1.82, 2.24) is 0 Å². The van der Waals surface area contributed by atoms with E-state index in [1.807, 2.05) is 0 Å². The molecule has 0 radical (unpaired) electrons. The van der Waals surface area contributed by atoms with Gasteiger partial charge >= 0.3 is 0 Å². The molecule has 0 spiro atoms. The van der Waals surface area contributed by atoms with Crippen molar-refractivity contribution in [3.8, 4) is 23.0 Å². The molecule has 8 N–H and O–H groups in total. The third-order valence-electron chi connectivity index (χ3n) is 7.42. The van der Waals surface area contributed by atoms with Crippen LogP contribution in [0.3, 0.4) is 0 Å². The van der Waals surface area contributed by atoms with E-state index in [0.29, 0.717) is 5.56 Å². The van der Waals surface area contributed by atoms with Gasteiger partial charge in [0.1, 0.15) is 71.3 Å². The monoisotopic (exact) mass is 580 g/mol. The first-order valence-electron chi connectivity index (χ1n) is 13.0. The minimum atomic E-state index is -1.75. The molecule has 3 aliphatic rings. The average Bonchev–Trinajstić information content (AvgIpc) is 2.94. The highest BCUT2D eigenvalue weighted by Gasteiger charge is 2.51. The number of aliphatic hydroxyl groups is 6. The molecule has 0 aliphatic carbocycles. The molecular formula is C27H32O14. The number of ether oxygens (including phenoxy) is 5. The van der Waals surface area contributed by atoms with Crippen molar-refractivity contribution in [2.24, 2.45) is 0 Å². The summed E-state index contributed by atoms with van der Waals surface area (Å²) in [5, 5.41) is 81.6. The number of fused-ring (bicyclic) bond motifs is 1. The molecule has 3 heterocycles. The number of rotatable bonds is 6. The summed E-state index contributed by atoms with van der Waals surface area (Å²) in [6, 6.07) is 8.50. The summed E-state index contributed by atoms with van der Waals surface area (Å²) in [5.41, 5.74) is 0.529. The average molecular weight is 581 g/mol. The Morgan fingerprint density at radius 1 is 0.878 bits per heavy atom. The highest BCUT2D eigenvalue weighted by atomic mass is 16.8. The van der Waals surface area contributed by atoms with Crippen LogP contribution in [0.25, 0.3) is 0 Å². The number of aliphatic hydroxyl groups excluding tert-OH is 6. The van der Waals surface area contributed by atoms with E-state index in [0.717, 1.165) is 6.07 Å². The first kappa shape index (κ1) is 29.4. The molecule has 0 aromatic heterocycles. The molecule has 3 aliphatic heterocycles. The Labute approximate surface area is 233 Å². The summed E-state index contributed by atoms with van der Waals surface area (Å²) < 4.78 is 28.6. The van der Waals surface area contributed by atoms with Gasteiger partial charge in [-0.25, -0.2) is 0 Å². The van der Waals surface area contributed by atoms with Crippen molar-refractivity contribution >= 4 is 5.78 Å². The molecule has 0 saturated carbocycles. The number of ketones is 1. The molecule has 11 atom stereocenters. The summed E-state index contributed by atoms with van der Waals surface area (Å²) in [5.74, 6) is -0.947. The van der Waals surface area contributed by atoms with Gasteiger partial charge in [-0.2, -0.15) is 0 Å². The van der Waals surface area contributed by atoms with Crippen molar-refractivity contribution in [2.75, 3.05) is 6.61 Å². The third kappa shape index (κ3) is 5.70. The van der Waals surface area contributed by atoms with Gasteiger partial charge in [-0.3, -0.25) is 4.79 Å². The van der Waals surface area contributed by atoms with Gasteiger partial charge in [0, 0.05) is 12.1 Å². The maximum atomic E-state index is 12.9. The molecule has 41 heavy (non-hydrogen) atoms. The van der Waals surface area contributed by atoms with Crippen LogP contribution in [0.4, 0.5) is 0 Å². The maximum Gasteiger partial charge on any atom is 0.229 e. The van der Waals surface area contributed by atoms with E-state index in [1.54, 1.807) is 12.1 Å². The highest BCUT2D eigenvalue weighted by Crippen LogP contribution is 2.43. The van der Waals surface area contributed by atoms with Crippen LogP contribution in [0, 0.1) is 0 Å². The van der Waals surface area contributed by atoms with Crippen LogP contribution in [0.15, 0.2) is 36.4 Å². The molecule has 2 aromatic carbocycles. The lowest BCUT2D eigenvalue weighted by Crippen LogP contribution is -2.64. The van der Waals surface area contributed by atoms with Gasteiger partial charge in [-0.1, -0.05) is 12.1 Å². The molecule has 2 saturated heterocycles. The van der Waals surface area contributed by atoms with E-state index in [-0.39, 0.29) is 29.2 Å². The Hall–Kier alpha value is -3.05. The fourth-order valence-corrected chi connectivity index (χ4v) is 5.07. The number of aromatic hydroxyl groups is 2. The Kier molecular flexibility index (Phi) is 8.39. The fourth-order valence-electron chi connectivity index (χ4n) is 5.07. The number of carbonyl (C=O) groups excluding carboxylic acids is 1. The van der Waals surface area contributed by atoms with Crippen molar-refractivity contribution < 1.29 is 69.3 Å². The van der Waals surface area contributed by atoms with Crippen molar-refractivity contribution in [2.45, 2.75) is 80.9 Å². The minimum absolute atomic E-state index is 0.0149. The predicted molar refractivity (Wildman–Crippen MR) is 134 cm³/mol. The van der Waals surface area contributed by atoms with E-state index in [2.05, 4.69) is 0 Å². The number of benzene rings is 2. The van der Waals surface area contributed by atoms with Gasteiger partial charge in [-0.05, 0) is 24.6 Å². The zero-order valence-electron chi connectivity index (χ0n) is 21.8. The van der Waals surface area contributed by atoms with E-state index in [4.69, 9.17) is 23.7 Å². The molecule has 0 unspecified atom stereocenters. The largest absolute Gasteiger partial charge is 0.508 e. The van der Waals surface area contributed by atoms with Crippen molar-refractivity contribution in [3.63, 3.8) is 0 Å². The normalized spacial score (nSPS) is 37.2. The van der Waals surface area contributed by atoms with Crippen LogP contribution in [0.5, 0.6) is 23.0 Å². The Balaban J connectivity index is 1.41. The van der Waals surface area contributed by atoms with Gasteiger partial charge < -0.3 is 64.5 Å². The number of hydrogen-bond acceptors (Lipinski definition) is 14. The molecule has 14 nitrogen and oxygen atoms in total. The summed E-state index contributed by atoms with van der Waals surface area (Å²) in [7, 11) is 0. The first-order valence-corrected chi connectivity index (χ1v) is 13.0. The van der Waals surface area contributed by atoms with E-state index < -0.39 is 85.7 Å². The zero-order chi connectivity index (χ0) is 29.6.